The Morgan fingerprint density at radius 3 is 2.54 bits per heavy atom. The summed E-state index contributed by atoms with van der Waals surface area (Å²) in [7, 11) is 1.74. The van der Waals surface area contributed by atoms with Crippen LogP contribution in [0.25, 0.3) is 0 Å². The van der Waals surface area contributed by atoms with E-state index in [2.05, 4.69) is 75.8 Å². The first-order valence-electron chi connectivity index (χ1n) is 9.25. The monoisotopic (exact) mass is 375 g/mol. The molecule has 0 aliphatic heterocycles. The Hall–Kier alpha value is -1.23. The fraction of sp³-hybridized carbons (Fsp3) is 0.545. The summed E-state index contributed by atoms with van der Waals surface area (Å²) >= 11 is 1.77. The van der Waals surface area contributed by atoms with Gasteiger partial charge in [-0.25, -0.2) is 0 Å². The van der Waals surface area contributed by atoms with Gasteiger partial charge in [-0.1, -0.05) is 61.4 Å². The fourth-order valence-corrected chi connectivity index (χ4v) is 4.07. The molecule has 1 aliphatic carbocycles. The van der Waals surface area contributed by atoms with Gasteiger partial charge >= 0.3 is 0 Å². The number of methoxy groups -OCH3 is 1. The summed E-state index contributed by atoms with van der Waals surface area (Å²) in [4.78, 5) is 0. The summed E-state index contributed by atoms with van der Waals surface area (Å²) in [6, 6.07) is 10.5. The van der Waals surface area contributed by atoms with Crippen molar-refractivity contribution >= 4 is 11.9 Å². The number of hydrogen-bond donors (Lipinski definition) is 1. The third-order valence-corrected chi connectivity index (χ3v) is 5.59. The maximum atomic E-state index is 6.27. The number of benzene rings is 1. The highest BCUT2D eigenvalue weighted by molar-refractivity contribution is 7.98. The second-order valence-electron chi connectivity index (χ2n) is 8.19. The number of rotatable bonds is 8. The lowest BCUT2D eigenvalue weighted by Crippen LogP contribution is -2.49. The van der Waals surface area contributed by atoms with Crippen LogP contribution < -0.4 is 4.72 Å². The predicted molar refractivity (Wildman–Crippen MR) is 112 cm³/mol. The van der Waals surface area contributed by atoms with Gasteiger partial charge in [0.05, 0.1) is 31.6 Å². The summed E-state index contributed by atoms with van der Waals surface area (Å²) in [5.74, 6) is 1.01. The Balaban J connectivity index is 2.12. The van der Waals surface area contributed by atoms with Gasteiger partial charge in [-0.05, 0) is 39.3 Å². The molecule has 1 aliphatic rings. The number of hydrogen-bond acceptors (Lipinski definition) is 4. The second kappa shape index (κ2) is 9.12. The third kappa shape index (κ3) is 6.19. The molecule has 26 heavy (non-hydrogen) atoms. The van der Waals surface area contributed by atoms with Gasteiger partial charge in [0.25, 0.3) is 0 Å². The van der Waals surface area contributed by atoms with Crippen molar-refractivity contribution < 1.29 is 9.47 Å². The third-order valence-electron chi connectivity index (χ3n) is 4.60. The number of nitrogens with one attached hydrogen (secondary N) is 1. The van der Waals surface area contributed by atoms with Gasteiger partial charge in [0, 0.05) is 16.6 Å². The molecule has 0 saturated carbocycles. The lowest BCUT2D eigenvalue weighted by molar-refractivity contribution is 0.00525. The van der Waals surface area contributed by atoms with E-state index in [0.29, 0.717) is 6.61 Å². The highest BCUT2D eigenvalue weighted by atomic mass is 32.2. The SMILES string of the molecule is COC1=CC=CC(C)([C@H](NSC(C)(C)C)[C@H](C)OCc2ccccc2)C1. The molecule has 0 bridgehead atoms. The van der Waals surface area contributed by atoms with E-state index in [-0.39, 0.29) is 22.3 Å². The highest BCUT2D eigenvalue weighted by Crippen LogP contribution is 2.38. The fourth-order valence-electron chi connectivity index (χ4n) is 3.13. The van der Waals surface area contributed by atoms with Crippen molar-refractivity contribution in [1.29, 1.82) is 0 Å². The molecule has 3 nitrogen and oxygen atoms in total. The van der Waals surface area contributed by atoms with Gasteiger partial charge in [0.2, 0.25) is 0 Å². The lowest BCUT2D eigenvalue weighted by atomic mass is 9.74. The van der Waals surface area contributed by atoms with Gasteiger partial charge in [0.15, 0.2) is 0 Å². The van der Waals surface area contributed by atoms with E-state index in [1.54, 1.807) is 19.1 Å². The van der Waals surface area contributed by atoms with E-state index >= 15 is 0 Å². The number of ether oxygens (including phenoxy) is 2. The van der Waals surface area contributed by atoms with Crippen LogP contribution >= 0.6 is 11.9 Å². The Bertz CT molecular complexity index is 621. The molecule has 144 valence electrons. The molecule has 0 saturated heterocycles. The smallest absolute Gasteiger partial charge is 0.0964 e. The molecule has 1 N–H and O–H groups in total. The van der Waals surface area contributed by atoms with Gasteiger partial charge in [-0.15, -0.1) is 0 Å². The zero-order valence-electron chi connectivity index (χ0n) is 16.9. The van der Waals surface area contributed by atoms with Crippen LogP contribution in [0.1, 0.15) is 46.6 Å². The summed E-state index contributed by atoms with van der Waals surface area (Å²) < 4.78 is 15.6. The molecule has 0 spiro atoms. The average molecular weight is 376 g/mol. The first kappa shape index (κ1) is 21.1. The van der Waals surface area contributed by atoms with Crippen molar-refractivity contribution in [3.8, 4) is 0 Å². The molecule has 0 amide bonds. The van der Waals surface area contributed by atoms with E-state index in [9.17, 15) is 0 Å². The highest BCUT2D eigenvalue weighted by Gasteiger charge is 2.39. The first-order chi connectivity index (χ1) is 12.2. The molecule has 2 rings (SSSR count). The quantitative estimate of drug-likeness (QED) is 0.608. The molecule has 0 fully saturated rings. The molecule has 1 aromatic carbocycles. The normalized spacial score (nSPS) is 22.6. The molecular weight excluding hydrogens is 342 g/mol. The van der Waals surface area contributed by atoms with Crippen molar-refractivity contribution in [3.63, 3.8) is 0 Å². The van der Waals surface area contributed by atoms with Crippen molar-refractivity contribution in [2.45, 2.75) is 64.5 Å². The Labute approximate surface area is 163 Å². The van der Waals surface area contributed by atoms with E-state index in [1.807, 2.05) is 12.1 Å². The van der Waals surface area contributed by atoms with E-state index in [1.165, 1.54) is 5.56 Å². The van der Waals surface area contributed by atoms with Crippen LogP contribution in [-0.2, 0) is 16.1 Å². The minimum absolute atomic E-state index is 0.0518. The minimum atomic E-state index is -0.0750. The van der Waals surface area contributed by atoms with Gasteiger partial charge in [-0.2, -0.15) is 0 Å². The molecule has 0 aromatic heterocycles. The topological polar surface area (TPSA) is 30.5 Å². The molecule has 4 heteroatoms. The van der Waals surface area contributed by atoms with Crippen LogP contribution in [0.2, 0.25) is 0 Å². The van der Waals surface area contributed by atoms with Crippen molar-refractivity contribution in [1.82, 2.24) is 4.72 Å². The Morgan fingerprint density at radius 1 is 1.23 bits per heavy atom. The predicted octanol–water partition coefficient (Wildman–Crippen LogP) is 5.49. The minimum Gasteiger partial charge on any atom is -0.501 e. The average Bonchev–Trinajstić information content (AvgIpc) is 2.59. The van der Waals surface area contributed by atoms with Crippen molar-refractivity contribution in [3.05, 3.63) is 59.9 Å². The summed E-state index contributed by atoms with van der Waals surface area (Å²) in [6.45, 7) is 11.7. The van der Waals surface area contributed by atoms with Crippen LogP contribution in [0.15, 0.2) is 54.3 Å². The maximum absolute atomic E-state index is 6.27. The molecule has 3 atom stereocenters. The molecule has 0 heterocycles. The Morgan fingerprint density at radius 2 is 1.92 bits per heavy atom. The van der Waals surface area contributed by atoms with Crippen LogP contribution in [0.4, 0.5) is 0 Å². The van der Waals surface area contributed by atoms with Crippen LogP contribution in [0, 0.1) is 5.41 Å². The van der Waals surface area contributed by atoms with Gasteiger partial charge < -0.3 is 9.47 Å². The van der Waals surface area contributed by atoms with E-state index < -0.39 is 0 Å². The molecule has 0 radical (unpaired) electrons. The zero-order valence-corrected chi connectivity index (χ0v) is 17.7. The van der Waals surface area contributed by atoms with Gasteiger partial charge in [-0.3, -0.25) is 4.72 Å². The first-order valence-corrected chi connectivity index (χ1v) is 10.1. The van der Waals surface area contributed by atoms with E-state index in [0.717, 1.165) is 12.2 Å². The van der Waals surface area contributed by atoms with Crippen LogP contribution in [0.5, 0.6) is 0 Å². The zero-order chi connectivity index (χ0) is 19.2. The largest absolute Gasteiger partial charge is 0.501 e. The van der Waals surface area contributed by atoms with Crippen molar-refractivity contribution in [2.75, 3.05) is 7.11 Å². The summed E-state index contributed by atoms with van der Waals surface area (Å²) in [5.41, 5.74) is 1.12. The molecule has 1 aromatic rings. The Kier molecular flexibility index (Phi) is 7.39. The summed E-state index contributed by atoms with van der Waals surface area (Å²) in [5, 5.41) is 0. The number of allylic oxidation sites excluding steroid dienone is 3. The van der Waals surface area contributed by atoms with Gasteiger partial charge in [0.1, 0.15) is 0 Å². The van der Waals surface area contributed by atoms with E-state index in [4.69, 9.17) is 9.47 Å². The standard InChI is InChI=1S/C22H33NO2S/c1-17(25-16-18-11-8-7-9-12-18)20(23-26-21(2,3)4)22(5)14-10-13-19(15-22)24-6/h7-14,17,20,23H,15-16H2,1-6H3/t17-,20+,22?/m0/s1. The lowest BCUT2D eigenvalue weighted by Gasteiger charge is -2.41. The molecule has 1 unspecified atom stereocenters. The van der Waals surface area contributed by atoms with Crippen LogP contribution in [-0.4, -0.2) is 24.0 Å². The van der Waals surface area contributed by atoms with Crippen LogP contribution in [0.3, 0.4) is 0 Å². The second-order valence-corrected chi connectivity index (χ2v) is 9.86. The van der Waals surface area contributed by atoms with Crippen molar-refractivity contribution in [2.24, 2.45) is 5.41 Å². The molecular formula is C22H33NO2S. The maximum Gasteiger partial charge on any atom is 0.0964 e. The summed E-state index contributed by atoms with van der Waals surface area (Å²) in [6.07, 6.45) is 7.34.